The zero-order valence-corrected chi connectivity index (χ0v) is 17.1. The van der Waals surface area contributed by atoms with Crippen LogP contribution >= 0.6 is 0 Å². The van der Waals surface area contributed by atoms with Crippen molar-refractivity contribution >= 4 is 11.6 Å². The SMILES string of the molecule is COc1ccccc1NC(=O)CN1CCN(CCn2ccnc2C(C)C)CC1. The van der Waals surface area contributed by atoms with Gasteiger partial charge in [0.25, 0.3) is 0 Å². The van der Waals surface area contributed by atoms with Crippen molar-refractivity contribution in [1.82, 2.24) is 19.4 Å². The Labute approximate surface area is 167 Å². The third-order valence-electron chi connectivity index (χ3n) is 5.13. The van der Waals surface area contributed by atoms with Gasteiger partial charge in [0.05, 0.1) is 19.3 Å². The van der Waals surface area contributed by atoms with E-state index >= 15 is 0 Å². The Hall–Kier alpha value is -2.38. The molecular weight excluding hydrogens is 354 g/mol. The van der Waals surface area contributed by atoms with Crippen molar-refractivity contribution in [3.63, 3.8) is 0 Å². The third-order valence-corrected chi connectivity index (χ3v) is 5.13. The lowest BCUT2D eigenvalue weighted by Crippen LogP contribution is -2.49. The van der Waals surface area contributed by atoms with E-state index in [2.05, 4.69) is 44.7 Å². The van der Waals surface area contributed by atoms with E-state index in [1.807, 2.05) is 30.5 Å². The van der Waals surface area contributed by atoms with Crippen LogP contribution in [0.3, 0.4) is 0 Å². The molecule has 0 aliphatic carbocycles. The number of methoxy groups -OCH3 is 1. The van der Waals surface area contributed by atoms with Crippen LogP contribution in [0.25, 0.3) is 0 Å². The quantitative estimate of drug-likeness (QED) is 0.755. The van der Waals surface area contributed by atoms with Crippen molar-refractivity contribution in [3.8, 4) is 5.75 Å². The lowest BCUT2D eigenvalue weighted by atomic mass is 10.2. The van der Waals surface area contributed by atoms with Crippen LogP contribution in [0, 0.1) is 0 Å². The summed E-state index contributed by atoms with van der Waals surface area (Å²) in [4.78, 5) is 21.5. The summed E-state index contributed by atoms with van der Waals surface area (Å²) in [6, 6.07) is 7.49. The summed E-state index contributed by atoms with van der Waals surface area (Å²) >= 11 is 0. The average molecular weight is 386 g/mol. The first-order valence-corrected chi connectivity index (χ1v) is 9.95. The molecule has 0 saturated carbocycles. The number of carbonyl (C=O) groups is 1. The van der Waals surface area contributed by atoms with Crippen LogP contribution in [-0.4, -0.2) is 71.6 Å². The van der Waals surface area contributed by atoms with Crippen LogP contribution in [0.1, 0.15) is 25.6 Å². The minimum absolute atomic E-state index is 0.00191. The van der Waals surface area contributed by atoms with Crippen molar-refractivity contribution in [1.29, 1.82) is 0 Å². The minimum Gasteiger partial charge on any atom is -0.495 e. The fourth-order valence-electron chi connectivity index (χ4n) is 3.57. The van der Waals surface area contributed by atoms with Gasteiger partial charge in [-0.25, -0.2) is 4.98 Å². The maximum Gasteiger partial charge on any atom is 0.238 e. The third kappa shape index (κ3) is 5.33. The van der Waals surface area contributed by atoms with E-state index in [0.29, 0.717) is 18.2 Å². The van der Waals surface area contributed by atoms with Crippen molar-refractivity contribution < 1.29 is 9.53 Å². The number of benzene rings is 1. The maximum absolute atomic E-state index is 12.4. The summed E-state index contributed by atoms with van der Waals surface area (Å²) in [6.07, 6.45) is 3.95. The molecule has 0 radical (unpaired) electrons. The van der Waals surface area contributed by atoms with Gasteiger partial charge in [-0.1, -0.05) is 26.0 Å². The van der Waals surface area contributed by atoms with Gasteiger partial charge in [-0.2, -0.15) is 0 Å². The lowest BCUT2D eigenvalue weighted by Gasteiger charge is -2.34. The van der Waals surface area contributed by atoms with E-state index in [0.717, 1.165) is 50.8 Å². The summed E-state index contributed by atoms with van der Waals surface area (Å²) in [5.74, 6) is 2.26. The molecule has 152 valence electrons. The molecule has 7 nitrogen and oxygen atoms in total. The highest BCUT2D eigenvalue weighted by Crippen LogP contribution is 2.22. The van der Waals surface area contributed by atoms with Crippen LogP contribution in [0.15, 0.2) is 36.7 Å². The van der Waals surface area contributed by atoms with Gasteiger partial charge in [0.2, 0.25) is 5.91 Å². The summed E-state index contributed by atoms with van der Waals surface area (Å²) < 4.78 is 7.54. The summed E-state index contributed by atoms with van der Waals surface area (Å²) in [7, 11) is 1.61. The van der Waals surface area contributed by atoms with Gasteiger partial charge in [-0.3, -0.25) is 14.6 Å². The largest absolute Gasteiger partial charge is 0.495 e. The van der Waals surface area contributed by atoms with Crippen molar-refractivity contribution in [2.75, 3.05) is 51.7 Å². The van der Waals surface area contributed by atoms with Crippen LogP contribution < -0.4 is 10.1 Å². The predicted molar refractivity (Wildman–Crippen MR) is 111 cm³/mol. The molecule has 0 unspecified atom stereocenters. The summed E-state index contributed by atoms with van der Waals surface area (Å²) in [5.41, 5.74) is 0.718. The zero-order valence-electron chi connectivity index (χ0n) is 17.1. The molecule has 0 atom stereocenters. The standard InChI is InChI=1S/C21H31N5O2/c1-17(2)21-22-8-9-26(21)15-14-24-10-12-25(13-11-24)16-20(27)23-18-6-4-5-7-19(18)28-3/h4-9,17H,10-16H2,1-3H3,(H,23,27). The van der Waals surface area contributed by atoms with Gasteiger partial charge in [0, 0.05) is 57.6 Å². The van der Waals surface area contributed by atoms with Gasteiger partial charge >= 0.3 is 0 Å². The highest BCUT2D eigenvalue weighted by molar-refractivity contribution is 5.93. The second kappa shape index (κ2) is 9.71. The molecule has 1 aliphatic rings. The van der Waals surface area contributed by atoms with Crippen molar-refractivity contribution in [2.24, 2.45) is 0 Å². The molecule has 0 spiro atoms. The molecule has 3 rings (SSSR count). The number of nitrogens with zero attached hydrogens (tertiary/aromatic N) is 4. The number of para-hydroxylation sites is 2. The Balaban J connectivity index is 1.41. The summed E-state index contributed by atoms with van der Waals surface area (Å²) in [6.45, 7) is 10.5. The second-order valence-electron chi connectivity index (χ2n) is 7.50. The maximum atomic E-state index is 12.4. The van der Waals surface area contributed by atoms with Crippen LogP contribution in [0.2, 0.25) is 0 Å². The number of imidazole rings is 1. The molecule has 7 heteroatoms. The fourth-order valence-corrected chi connectivity index (χ4v) is 3.57. The van der Waals surface area contributed by atoms with Crippen molar-refractivity contribution in [3.05, 3.63) is 42.5 Å². The molecule has 1 saturated heterocycles. The number of nitrogens with one attached hydrogen (secondary N) is 1. The second-order valence-corrected chi connectivity index (χ2v) is 7.50. The first-order chi connectivity index (χ1) is 13.6. The number of ether oxygens (including phenoxy) is 1. The van der Waals surface area contributed by atoms with Crippen molar-refractivity contribution in [2.45, 2.75) is 26.3 Å². The molecule has 2 aromatic rings. The highest BCUT2D eigenvalue weighted by Gasteiger charge is 2.19. The molecule has 28 heavy (non-hydrogen) atoms. The van der Waals surface area contributed by atoms with Gasteiger partial charge in [0.15, 0.2) is 0 Å². The molecule has 1 fully saturated rings. The van der Waals surface area contributed by atoms with E-state index in [4.69, 9.17) is 4.74 Å². The number of aromatic nitrogens is 2. The van der Waals surface area contributed by atoms with Gasteiger partial charge in [-0.05, 0) is 12.1 Å². The van der Waals surface area contributed by atoms with Crippen LogP contribution in [-0.2, 0) is 11.3 Å². The Morgan fingerprint density at radius 1 is 1.14 bits per heavy atom. The minimum atomic E-state index is -0.00191. The normalized spacial score (nSPS) is 15.7. The van der Waals surface area contributed by atoms with E-state index in [1.165, 1.54) is 0 Å². The van der Waals surface area contributed by atoms with E-state index in [9.17, 15) is 4.79 Å². The van der Waals surface area contributed by atoms with Crippen LogP contribution in [0.5, 0.6) is 5.75 Å². The number of amides is 1. The molecule has 1 amide bonds. The Morgan fingerprint density at radius 3 is 2.57 bits per heavy atom. The molecule has 2 heterocycles. The zero-order chi connectivity index (χ0) is 19.9. The fraction of sp³-hybridized carbons (Fsp3) is 0.524. The molecule has 1 aromatic carbocycles. The van der Waals surface area contributed by atoms with E-state index in [1.54, 1.807) is 7.11 Å². The number of piperazine rings is 1. The highest BCUT2D eigenvalue weighted by atomic mass is 16.5. The lowest BCUT2D eigenvalue weighted by molar-refractivity contribution is -0.117. The first kappa shape index (κ1) is 20.4. The smallest absolute Gasteiger partial charge is 0.238 e. The topological polar surface area (TPSA) is 62.6 Å². The van der Waals surface area contributed by atoms with Crippen LogP contribution in [0.4, 0.5) is 5.69 Å². The van der Waals surface area contributed by atoms with E-state index in [-0.39, 0.29) is 5.91 Å². The predicted octanol–water partition coefficient (Wildman–Crippen LogP) is 2.27. The van der Waals surface area contributed by atoms with Gasteiger partial charge < -0.3 is 14.6 Å². The number of carbonyl (C=O) groups excluding carboxylic acids is 1. The molecule has 0 bridgehead atoms. The molecular formula is C21H31N5O2. The molecule has 1 aromatic heterocycles. The monoisotopic (exact) mass is 385 g/mol. The first-order valence-electron chi connectivity index (χ1n) is 9.95. The molecule has 1 aliphatic heterocycles. The molecule has 1 N–H and O–H groups in total. The number of hydrogen-bond acceptors (Lipinski definition) is 5. The van der Waals surface area contributed by atoms with E-state index < -0.39 is 0 Å². The number of rotatable bonds is 8. The van der Waals surface area contributed by atoms with Gasteiger partial charge in [0.1, 0.15) is 11.6 Å². The Bertz CT molecular complexity index is 766. The number of hydrogen-bond donors (Lipinski definition) is 1. The summed E-state index contributed by atoms with van der Waals surface area (Å²) in [5, 5.41) is 2.95. The van der Waals surface area contributed by atoms with Gasteiger partial charge in [-0.15, -0.1) is 0 Å². The Morgan fingerprint density at radius 2 is 1.86 bits per heavy atom. The Kier molecular flexibility index (Phi) is 7.06. The number of anilines is 1. The average Bonchev–Trinajstić information content (AvgIpc) is 3.17.